The Morgan fingerprint density at radius 1 is 1.16 bits per heavy atom. The molecule has 0 aliphatic heterocycles. The zero-order valence-electron chi connectivity index (χ0n) is 14.6. The number of anilines is 1. The maximum absolute atomic E-state index is 13.2. The fourth-order valence-electron chi connectivity index (χ4n) is 6.29. The number of thiazole rings is 1. The van der Waals surface area contributed by atoms with E-state index in [0.717, 1.165) is 24.4 Å². The Morgan fingerprint density at radius 3 is 2.52 bits per heavy atom. The largest absolute Gasteiger partial charge is 0.301 e. The van der Waals surface area contributed by atoms with Crippen LogP contribution in [0, 0.1) is 24.2 Å². The van der Waals surface area contributed by atoms with Gasteiger partial charge in [0.15, 0.2) is 5.13 Å². The first-order valence-electron chi connectivity index (χ1n) is 9.35. The first-order valence-corrected chi connectivity index (χ1v) is 10.2. The van der Waals surface area contributed by atoms with Gasteiger partial charge < -0.3 is 5.32 Å². The summed E-state index contributed by atoms with van der Waals surface area (Å²) < 4.78 is 0. The predicted molar refractivity (Wildman–Crippen MR) is 101 cm³/mol. The van der Waals surface area contributed by atoms with Crippen molar-refractivity contribution < 1.29 is 4.79 Å². The van der Waals surface area contributed by atoms with E-state index in [2.05, 4.69) is 41.5 Å². The number of hydrogen-bond donors (Lipinski definition) is 1. The van der Waals surface area contributed by atoms with E-state index in [0.29, 0.717) is 11.8 Å². The molecule has 3 nitrogen and oxygen atoms in total. The highest BCUT2D eigenvalue weighted by atomic mass is 32.1. The molecule has 2 unspecified atom stereocenters. The van der Waals surface area contributed by atoms with Crippen LogP contribution in [0.4, 0.5) is 5.13 Å². The molecule has 6 rings (SSSR count). The van der Waals surface area contributed by atoms with E-state index in [1.54, 1.807) is 6.20 Å². The molecule has 4 aliphatic rings. The minimum absolute atomic E-state index is 0.194. The van der Waals surface area contributed by atoms with Crippen molar-refractivity contribution in [2.45, 2.75) is 50.9 Å². The molecule has 4 bridgehead atoms. The average Bonchev–Trinajstić information content (AvgIpc) is 3.07. The van der Waals surface area contributed by atoms with Crippen LogP contribution in [-0.2, 0) is 10.2 Å². The van der Waals surface area contributed by atoms with Crippen LogP contribution in [0.25, 0.3) is 0 Å². The molecule has 1 N–H and O–H groups in total. The number of aryl methyl sites for hydroxylation is 1. The lowest BCUT2D eigenvalue weighted by Gasteiger charge is -2.61. The van der Waals surface area contributed by atoms with Crippen LogP contribution in [0.15, 0.2) is 35.8 Å². The fraction of sp³-hybridized carbons (Fsp3) is 0.524. The van der Waals surface area contributed by atoms with Gasteiger partial charge in [-0.15, -0.1) is 11.3 Å². The number of nitrogens with one attached hydrogen (secondary N) is 1. The first kappa shape index (κ1) is 15.6. The monoisotopic (exact) mass is 352 g/mol. The number of aromatic nitrogens is 1. The van der Waals surface area contributed by atoms with Crippen LogP contribution >= 0.6 is 11.3 Å². The molecule has 1 aromatic carbocycles. The van der Waals surface area contributed by atoms with Crippen LogP contribution in [0.5, 0.6) is 0 Å². The highest BCUT2D eigenvalue weighted by Crippen LogP contribution is 2.66. The van der Waals surface area contributed by atoms with Crippen molar-refractivity contribution in [1.29, 1.82) is 0 Å². The van der Waals surface area contributed by atoms with Crippen molar-refractivity contribution in [3.05, 3.63) is 47.0 Å². The predicted octanol–water partition coefficient (Wildman–Crippen LogP) is 4.93. The van der Waals surface area contributed by atoms with Crippen molar-refractivity contribution in [2.75, 3.05) is 5.32 Å². The van der Waals surface area contributed by atoms with Gasteiger partial charge in [0.25, 0.3) is 0 Å². The minimum Gasteiger partial charge on any atom is -0.301 e. The summed E-state index contributed by atoms with van der Waals surface area (Å²) in [4.78, 5) is 17.5. The number of amides is 1. The standard InChI is InChI=1S/C21H24N2OS/c1-14-2-4-17(5-3-14)20-9-15-8-16(10-20)12-21(11-15,13-20)18(24)23-19-22-6-7-25-19/h2-7,15-16H,8-13H2,1H3,(H,22,23,24). The van der Waals surface area contributed by atoms with E-state index in [9.17, 15) is 4.79 Å². The second-order valence-corrected chi connectivity index (χ2v) is 9.57. The Labute approximate surface area is 152 Å². The molecule has 1 heterocycles. The van der Waals surface area contributed by atoms with Gasteiger partial charge in [0, 0.05) is 11.6 Å². The van der Waals surface area contributed by atoms with Crippen molar-refractivity contribution in [3.63, 3.8) is 0 Å². The smallest absolute Gasteiger partial charge is 0.232 e. The molecule has 2 aromatic rings. The summed E-state index contributed by atoms with van der Waals surface area (Å²) in [6, 6.07) is 9.09. The molecule has 0 saturated heterocycles. The summed E-state index contributed by atoms with van der Waals surface area (Å²) >= 11 is 1.51. The highest BCUT2D eigenvalue weighted by Gasteiger charge is 2.60. The molecule has 25 heavy (non-hydrogen) atoms. The Balaban J connectivity index is 1.50. The van der Waals surface area contributed by atoms with Gasteiger partial charge in [0.1, 0.15) is 0 Å². The molecular formula is C21H24N2OS. The zero-order valence-corrected chi connectivity index (χ0v) is 15.4. The second-order valence-electron chi connectivity index (χ2n) is 8.68. The van der Waals surface area contributed by atoms with Crippen molar-refractivity contribution >= 4 is 22.4 Å². The third kappa shape index (κ3) is 2.45. The SMILES string of the molecule is Cc1ccc(C23CC4CC(CC(C(=O)Nc5nccs5)(C4)C2)C3)cc1. The van der Waals surface area contributed by atoms with E-state index in [1.807, 2.05) is 5.38 Å². The third-order valence-electron chi connectivity index (χ3n) is 6.86. The van der Waals surface area contributed by atoms with Gasteiger partial charge in [0.2, 0.25) is 5.91 Å². The number of hydrogen-bond acceptors (Lipinski definition) is 3. The maximum Gasteiger partial charge on any atom is 0.232 e. The Kier molecular flexibility index (Phi) is 3.37. The summed E-state index contributed by atoms with van der Waals surface area (Å²) in [5.41, 5.74) is 2.78. The number of carbonyl (C=O) groups excluding carboxylic acids is 1. The molecule has 4 aliphatic carbocycles. The van der Waals surface area contributed by atoms with Gasteiger partial charge in [-0.25, -0.2) is 4.98 Å². The summed E-state index contributed by atoms with van der Waals surface area (Å²) in [5.74, 6) is 1.61. The van der Waals surface area contributed by atoms with Crippen LogP contribution in [0.2, 0.25) is 0 Å². The molecule has 0 radical (unpaired) electrons. The van der Waals surface area contributed by atoms with Gasteiger partial charge >= 0.3 is 0 Å². The molecule has 4 fully saturated rings. The maximum atomic E-state index is 13.2. The number of benzene rings is 1. The van der Waals surface area contributed by atoms with Crippen molar-refractivity contribution in [3.8, 4) is 0 Å². The minimum atomic E-state index is -0.194. The third-order valence-corrected chi connectivity index (χ3v) is 7.55. The van der Waals surface area contributed by atoms with Gasteiger partial charge in [-0.2, -0.15) is 0 Å². The average molecular weight is 353 g/mol. The summed E-state index contributed by atoms with van der Waals surface area (Å²) in [6.07, 6.45) is 8.74. The molecule has 2 atom stereocenters. The quantitative estimate of drug-likeness (QED) is 0.851. The molecule has 0 spiro atoms. The lowest BCUT2D eigenvalue weighted by molar-refractivity contribution is -0.143. The highest BCUT2D eigenvalue weighted by molar-refractivity contribution is 7.13. The first-order chi connectivity index (χ1) is 12.1. The molecule has 1 aromatic heterocycles. The number of nitrogens with zero attached hydrogens (tertiary/aromatic N) is 1. The Hall–Kier alpha value is -1.68. The van der Waals surface area contributed by atoms with Gasteiger partial charge in [-0.3, -0.25) is 4.79 Å². The molecular weight excluding hydrogens is 328 g/mol. The van der Waals surface area contributed by atoms with Gasteiger partial charge in [-0.1, -0.05) is 29.8 Å². The molecule has 1 amide bonds. The van der Waals surface area contributed by atoms with Crippen LogP contribution in [0.1, 0.15) is 49.7 Å². The zero-order chi connectivity index (χ0) is 17.1. The van der Waals surface area contributed by atoms with E-state index >= 15 is 0 Å². The van der Waals surface area contributed by atoms with Crippen molar-refractivity contribution in [2.24, 2.45) is 17.3 Å². The Morgan fingerprint density at radius 2 is 1.88 bits per heavy atom. The normalized spacial score (nSPS) is 35.7. The summed E-state index contributed by atoms with van der Waals surface area (Å²) in [7, 11) is 0. The van der Waals surface area contributed by atoms with E-state index < -0.39 is 0 Å². The van der Waals surface area contributed by atoms with Crippen LogP contribution in [0.3, 0.4) is 0 Å². The Bertz CT molecular complexity index is 782. The van der Waals surface area contributed by atoms with Crippen LogP contribution < -0.4 is 5.32 Å². The van der Waals surface area contributed by atoms with E-state index in [1.165, 1.54) is 41.7 Å². The lowest BCUT2D eigenvalue weighted by atomic mass is 9.42. The fourth-order valence-corrected chi connectivity index (χ4v) is 6.81. The second kappa shape index (κ2) is 5.41. The summed E-state index contributed by atoms with van der Waals surface area (Å²) in [5, 5.41) is 5.79. The van der Waals surface area contributed by atoms with Crippen molar-refractivity contribution in [1.82, 2.24) is 4.98 Å². The van der Waals surface area contributed by atoms with E-state index in [4.69, 9.17) is 0 Å². The summed E-state index contributed by atoms with van der Waals surface area (Å²) in [6.45, 7) is 2.15. The molecule has 4 heteroatoms. The number of carbonyl (C=O) groups is 1. The number of rotatable bonds is 3. The van der Waals surface area contributed by atoms with Crippen LogP contribution in [-0.4, -0.2) is 10.9 Å². The van der Waals surface area contributed by atoms with Gasteiger partial charge in [0.05, 0.1) is 5.41 Å². The van der Waals surface area contributed by atoms with Gasteiger partial charge in [-0.05, 0) is 68.3 Å². The molecule has 130 valence electrons. The lowest BCUT2D eigenvalue weighted by Crippen LogP contribution is -2.57. The topological polar surface area (TPSA) is 42.0 Å². The molecule has 4 saturated carbocycles. The van der Waals surface area contributed by atoms with E-state index in [-0.39, 0.29) is 16.7 Å².